The van der Waals surface area contributed by atoms with Crippen LogP contribution in [0.3, 0.4) is 0 Å². The first-order valence-electron chi connectivity index (χ1n) is 8.53. The zero-order valence-electron chi connectivity index (χ0n) is 14.8. The third-order valence-corrected chi connectivity index (χ3v) is 4.80. The van der Waals surface area contributed by atoms with Crippen LogP contribution in [-0.2, 0) is 6.42 Å². The lowest BCUT2D eigenvalue weighted by Crippen LogP contribution is -2.26. The largest absolute Gasteiger partial charge is 0.355 e. The van der Waals surface area contributed by atoms with Crippen molar-refractivity contribution in [1.82, 2.24) is 10.3 Å². The molecule has 0 aliphatic carbocycles. The first kappa shape index (κ1) is 19.3. The number of hydrogen-bond donors (Lipinski definition) is 2. The molecule has 3 aromatic rings. The van der Waals surface area contributed by atoms with Gasteiger partial charge in [0.25, 0.3) is 5.91 Å². The molecule has 0 saturated heterocycles. The molecular formula is C21H19FIN3O. The van der Waals surface area contributed by atoms with Crippen molar-refractivity contribution in [3.8, 4) is 0 Å². The summed E-state index contributed by atoms with van der Waals surface area (Å²) in [5, 5.41) is 6.08. The summed E-state index contributed by atoms with van der Waals surface area (Å²) >= 11 is 2.24. The highest BCUT2D eigenvalue weighted by molar-refractivity contribution is 14.1. The van der Waals surface area contributed by atoms with Gasteiger partial charge in [0.2, 0.25) is 0 Å². The average molecular weight is 475 g/mol. The van der Waals surface area contributed by atoms with E-state index >= 15 is 0 Å². The molecule has 2 aromatic carbocycles. The van der Waals surface area contributed by atoms with E-state index in [4.69, 9.17) is 0 Å². The van der Waals surface area contributed by atoms with Gasteiger partial charge in [-0.15, -0.1) is 0 Å². The number of rotatable bonds is 6. The van der Waals surface area contributed by atoms with Gasteiger partial charge in [-0.05, 0) is 95.6 Å². The molecule has 0 aliphatic heterocycles. The maximum atomic E-state index is 13.8. The van der Waals surface area contributed by atoms with Crippen LogP contribution in [0.25, 0.3) is 0 Å². The molecule has 3 rings (SSSR count). The predicted molar refractivity (Wildman–Crippen MR) is 114 cm³/mol. The van der Waals surface area contributed by atoms with Crippen LogP contribution in [-0.4, -0.2) is 17.4 Å². The van der Waals surface area contributed by atoms with Gasteiger partial charge in [0.05, 0.1) is 11.3 Å². The number of carbonyl (C=O) groups is 1. The minimum absolute atomic E-state index is 0.241. The molecule has 0 aliphatic rings. The number of halogens is 2. The molecule has 4 nitrogen and oxygen atoms in total. The first-order valence-corrected chi connectivity index (χ1v) is 9.60. The fourth-order valence-electron chi connectivity index (χ4n) is 2.70. The average Bonchev–Trinajstić information content (AvgIpc) is 2.65. The van der Waals surface area contributed by atoms with Crippen LogP contribution in [0.2, 0.25) is 0 Å². The quantitative estimate of drug-likeness (QED) is 0.502. The van der Waals surface area contributed by atoms with Gasteiger partial charge in [-0.3, -0.25) is 9.78 Å². The van der Waals surface area contributed by atoms with Gasteiger partial charge in [-0.1, -0.05) is 0 Å². The SMILES string of the molecule is Cc1cc(I)ccc1Nc1cc(F)ccc1C(=O)NCCc1ccncc1. The molecule has 138 valence electrons. The Kier molecular flexibility index (Phi) is 6.39. The zero-order valence-corrected chi connectivity index (χ0v) is 17.0. The highest BCUT2D eigenvalue weighted by Crippen LogP contribution is 2.25. The summed E-state index contributed by atoms with van der Waals surface area (Å²) in [4.78, 5) is 16.6. The fraction of sp³-hybridized carbons (Fsp3) is 0.143. The van der Waals surface area contributed by atoms with Crippen LogP contribution in [0, 0.1) is 16.3 Å². The lowest BCUT2D eigenvalue weighted by molar-refractivity contribution is 0.0955. The van der Waals surface area contributed by atoms with Gasteiger partial charge in [-0.2, -0.15) is 0 Å². The van der Waals surface area contributed by atoms with Gasteiger partial charge < -0.3 is 10.6 Å². The van der Waals surface area contributed by atoms with Crippen molar-refractivity contribution < 1.29 is 9.18 Å². The van der Waals surface area contributed by atoms with Crippen LogP contribution >= 0.6 is 22.6 Å². The molecule has 0 spiro atoms. The zero-order chi connectivity index (χ0) is 19.2. The Hall–Kier alpha value is -2.48. The lowest BCUT2D eigenvalue weighted by atomic mass is 10.1. The van der Waals surface area contributed by atoms with Crippen molar-refractivity contribution in [1.29, 1.82) is 0 Å². The molecule has 0 fully saturated rings. The number of nitrogens with zero attached hydrogens (tertiary/aromatic N) is 1. The monoisotopic (exact) mass is 475 g/mol. The molecule has 1 heterocycles. The number of aromatic nitrogens is 1. The smallest absolute Gasteiger partial charge is 0.253 e. The molecular weight excluding hydrogens is 456 g/mol. The predicted octanol–water partition coefficient (Wildman–Crippen LogP) is 4.85. The number of hydrogen-bond acceptors (Lipinski definition) is 3. The van der Waals surface area contributed by atoms with E-state index in [9.17, 15) is 9.18 Å². The number of carbonyl (C=O) groups excluding carboxylic acids is 1. The van der Waals surface area contributed by atoms with E-state index in [-0.39, 0.29) is 5.91 Å². The van der Waals surface area contributed by atoms with E-state index < -0.39 is 5.82 Å². The van der Waals surface area contributed by atoms with Crippen molar-refractivity contribution in [2.75, 3.05) is 11.9 Å². The fourth-order valence-corrected chi connectivity index (χ4v) is 3.34. The summed E-state index contributed by atoms with van der Waals surface area (Å²) in [6.45, 7) is 2.46. The maximum Gasteiger partial charge on any atom is 0.253 e. The van der Waals surface area contributed by atoms with Crippen LogP contribution in [0.5, 0.6) is 0 Å². The number of amides is 1. The van der Waals surface area contributed by atoms with E-state index in [1.165, 1.54) is 18.2 Å². The molecule has 1 amide bonds. The van der Waals surface area contributed by atoms with Crippen LogP contribution < -0.4 is 10.6 Å². The minimum Gasteiger partial charge on any atom is -0.355 e. The van der Waals surface area contributed by atoms with Crippen molar-refractivity contribution in [2.45, 2.75) is 13.3 Å². The number of benzene rings is 2. The van der Waals surface area contributed by atoms with Gasteiger partial charge in [0.15, 0.2) is 0 Å². The molecule has 1 aromatic heterocycles. The lowest BCUT2D eigenvalue weighted by Gasteiger charge is -2.14. The van der Waals surface area contributed by atoms with Crippen molar-refractivity contribution in [3.05, 3.63) is 87.0 Å². The van der Waals surface area contributed by atoms with Gasteiger partial charge in [-0.25, -0.2) is 4.39 Å². The highest BCUT2D eigenvalue weighted by Gasteiger charge is 2.13. The Bertz CT molecular complexity index is 947. The Balaban J connectivity index is 1.73. The Morgan fingerprint density at radius 3 is 2.59 bits per heavy atom. The normalized spacial score (nSPS) is 10.5. The van der Waals surface area contributed by atoms with Crippen LogP contribution in [0.1, 0.15) is 21.5 Å². The summed E-state index contributed by atoms with van der Waals surface area (Å²) in [5.41, 5.74) is 3.81. The van der Waals surface area contributed by atoms with Gasteiger partial charge in [0, 0.05) is 28.2 Å². The van der Waals surface area contributed by atoms with E-state index in [0.29, 0.717) is 24.2 Å². The molecule has 0 unspecified atom stereocenters. The van der Waals surface area contributed by atoms with Crippen LogP contribution in [0.15, 0.2) is 60.9 Å². The summed E-state index contributed by atoms with van der Waals surface area (Å²) in [5.74, 6) is -0.635. The number of aryl methyl sites for hydroxylation is 1. The van der Waals surface area contributed by atoms with Gasteiger partial charge >= 0.3 is 0 Å². The molecule has 0 atom stereocenters. The Morgan fingerprint density at radius 1 is 1.07 bits per heavy atom. The molecule has 2 N–H and O–H groups in total. The van der Waals surface area contributed by atoms with Crippen molar-refractivity contribution >= 4 is 39.9 Å². The summed E-state index contributed by atoms with van der Waals surface area (Å²) < 4.78 is 14.9. The minimum atomic E-state index is -0.394. The standard InChI is InChI=1S/C21H19FIN3O/c1-14-12-17(23)3-5-19(14)26-20-13-16(22)2-4-18(20)21(27)25-11-8-15-6-9-24-10-7-15/h2-7,9-10,12-13,26H,8,11H2,1H3,(H,25,27). The van der Waals surface area contributed by atoms with E-state index in [1.807, 2.05) is 37.3 Å². The number of anilines is 2. The molecule has 0 radical (unpaired) electrons. The molecule has 27 heavy (non-hydrogen) atoms. The Morgan fingerprint density at radius 2 is 1.85 bits per heavy atom. The maximum absolute atomic E-state index is 13.8. The van der Waals surface area contributed by atoms with E-state index in [0.717, 1.165) is 20.4 Å². The van der Waals surface area contributed by atoms with E-state index in [2.05, 4.69) is 38.2 Å². The second kappa shape index (κ2) is 8.94. The van der Waals surface area contributed by atoms with Crippen molar-refractivity contribution in [2.24, 2.45) is 0 Å². The van der Waals surface area contributed by atoms with Crippen molar-refractivity contribution in [3.63, 3.8) is 0 Å². The third kappa shape index (κ3) is 5.26. The third-order valence-electron chi connectivity index (χ3n) is 4.13. The first-order chi connectivity index (χ1) is 13.0. The summed E-state index contributed by atoms with van der Waals surface area (Å²) in [6.07, 6.45) is 4.15. The van der Waals surface area contributed by atoms with E-state index in [1.54, 1.807) is 12.4 Å². The summed E-state index contributed by atoms with van der Waals surface area (Å²) in [7, 11) is 0. The second-order valence-electron chi connectivity index (χ2n) is 6.14. The molecule has 0 saturated carbocycles. The molecule has 0 bridgehead atoms. The van der Waals surface area contributed by atoms with Gasteiger partial charge in [0.1, 0.15) is 5.82 Å². The summed E-state index contributed by atoms with van der Waals surface area (Å²) in [6, 6.07) is 13.9. The second-order valence-corrected chi connectivity index (χ2v) is 7.38. The highest BCUT2D eigenvalue weighted by atomic mass is 127. The topological polar surface area (TPSA) is 54.0 Å². The van der Waals surface area contributed by atoms with Crippen LogP contribution in [0.4, 0.5) is 15.8 Å². The Labute approximate surface area is 171 Å². The number of pyridine rings is 1. The molecule has 6 heteroatoms. The number of nitrogens with one attached hydrogen (secondary N) is 2.